The van der Waals surface area contributed by atoms with Gasteiger partial charge in [-0.2, -0.15) is 13.2 Å². The summed E-state index contributed by atoms with van der Waals surface area (Å²) in [6.45, 7) is 0. The fraction of sp³-hybridized carbons (Fsp3) is 0.100. The first kappa shape index (κ1) is 12.4. The monoisotopic (exact) mass is 322 g/mol. The molecule has 0 spiro atoms. The molecule has 0 radical (unpaired) electrons. The summed E-state index contributed by atoms with van der Waals surface area (Å²) in [6, 6.07) is 3.97. The number of nitrogens with zero attached hydrogens (tertiary/aromatic N) is 1. The topological polar surface area (TPSA) is 38.9 Å². The molecule has 0 bridgehead atoms. The van der Waals surface area contributed by atoms with Gasteiger partial charge < -0.3 is 5.73 Å². The minimum absolute atomic E-state index is 0.0111. The number of hydrogen-bond donors (Lipinski definition) is 1. The Morgan fingerprint density at radius 2 is 2.00 bits per heavy atom. The molecule has 1 heterocycles. The van der Waals surface area contributed by atoms with Crippen LogP contribution in [-0.2, 0) is 6.18 Å². The van der Waals surface area contributed by atoms with Crippen LogP contribution in [0.2, 0.25) is 0 Å². The maximum atomic E-state index is 12.7. The SMILES string of the molecule is Nc1nc(-c2ccc(Br)c(C(F)(F)F)c2)cs1. The summed E-state index contributed by atoms with van der Waals surface area (Å²) < 4.78 is 38.0. The third kappa shape index (κ3) is 2.61. The Labute approximate surface area is 107 Å². The van der Waals surface area contributed by atoms with Gasteiger partial charge in [0.1, 0.15) is 0 Å². The Balaban J connectivity index is 2.51. The second kappa shape index (κ2) is 4.30. The normalized spacial score (nSPS) is 11.8. The van der Waals surface area contributed by atoms with Gasteiger partial charge in [-0.05, 0) is 12.1 Å². The summed E-state index contributed by atoms with van der Waals surface area (Å²) >= 11 is 4.07. The van der Waals surface area contributed by atoms with Crippen LogP contribution < -0.4 is 5.73 Å². The first-order valence-electron chi connectivity index (χ1n) is 4.46. The molecule has 1 aromatic carbocycles. The largest absolute Gasteiger partial charge is 0.417 e. The lowest BCUT2D eigenvalue weighted by atomic mass is 10.1. The number of nitrogen functional groups attached to an aromatic ring is 1. The van der Waals surface area contributed by atoms with Crippen LogP contribution >= 0.6 is 27.3 Å². The predicted molar refractivity (Wildman–Crippen MR) is 64.7 cm³/mol. The van der Waals surface area contributed by atoms with E-state index in [9.17, 15) is 13.2 Å². The van der Waals surface area contributed by atoms with Gasteiger partial charge in [0.25, 0.3) is 0 Å². The minimum atomic E-state index is -4.39. The summed E-state index contributed by atoms with van der Waals surface area (Å²) in [5, 5.41) is 1.95. The highest BCUT2D eigenvalue weighted by Crippen LogP contribution is 2.37. The molecule has 17 heavy (non-hydrogen) atoms. The average molecular weight is 323 g/mol. The lowest BCUT2D eigenvalue weighted by Gasteiger charge is -2.10. The molecule has 0 saturated heterocycles. The van der Waals surface area contributed by atoms with Gasteiger partial charge >= 0.3 is 6.18 Å². The van der Waals surface area contributed by atoms with Crippen molar-refractivity contribution in [2.24, 2.45) is 0 Å². The Hall–Kier alpha value is -1.08. The van der Waals surface area contributed by atoms with Crippen LogP contribution in [0.15, 0.2) is 28.1 Å². The van der Waals surface area contributed by atoms with Crippen LogP contribution in [-0.4, -0.2) is 4.98 Å². The Kier molecular flexibility index (Phi) is 3.13. The van der Waals surface area contributed by atoms with Crippen LogP contribution in [0.25, 0.3) is 11.3 Å². The molecular formula is C10H6BrF3N2S. The van der Waals surface area contributed by atoms with Crippen LogP contribution in [0.4, 0.5) is 18.3 Å². The van der Waals surface area contributed by atoms with Crippen molar-refractivity contribution in [3.05, 3.63) is 33.6 Å². The third-order valence-electron chi connectivity index (χ3n) is 2.09. The summed E-state index contributed by atoms with van der Waals surface area (Å²) in [5.74, 6) is 0. The highest BCUT2D eigenvalue weighted by Gasteiger charge is 2.33. The second-order valence-electron chi connectivity index (χ2n) is 3.26. The van der Waals surface area contributed by atoms with Crippen molar-refractivity contribution in [3.63, 3.8) is 0 Å². The van der Waals surface area contributed by atoms with Crippen molar-refractivity contribution in [1.29, 1.82) is 0 Å². The van der Waals surface area contributed by atoms with Crippen molar-refractivity contribution in [2.45, 2.75) is 6.18 Å². The highest BCUT2D eigenvalue weighted by atomic mass is 79.9. The fourth-order valence-corrected chi connectivity index (χ4v) is 2.37. The Morgan fingerprint density at radius 3 is 2.53 bits per heavy atom. The van der Waals surface area contributed by atoms with Crippen LogP contribution in [0.5, 0.6) is 0 Å². The van der Waals surface area contributed by atoms with Crippen LogP contribution in [0.1, 0.15) is 5.56 Å². The molecule has 90 valence electrons. The molecule has 2 aromatic rings. The molecule has 0 saturated carbocycles. The minimum Gasteiger partial charge on any atom is -0.375 e. The number of rotatable bonds is 1. The van der Waals surface area contributed by atoms with E-state index < -0.39 is 11.7 Å². The molecule has 0 amide bonds. The van der Waals surface area contributed by atoms with E-state index in [1.165, 1.54) is 17.4 Å². The van der Waals surface area contributed by atoms with E-state index in [1.807, 2.05) is 0 Å². The van der Waals surface area contributed by atoms with E-state index >= 15 is 0 Å². The summed E-state index contributed by atoms with van der Waals surface area (Å²) in [6.07, 6.45) is -4.39. The zero-order valence-electron chi connectivity index (χ0n) is 8.25. The zero-order valence-corrected chi connectivity index (χ0v) is 10.7. The summed E-state index contributed by atoms with van der Waals surface area (Å²) in [7, 11) is 0. The van der Waals surface area contributed by atoms with Crippen molar-refractivity contribution < 1.29 is 13.2 Å². The number of alkyl halides is 3. The molecular weight excluding hydrogens is 317 g/mol. The van der Waals surface area contributed by atoms with Crippen molar-refractivity contribution in [1.82, 2.24) is 4.98 Å². The number of benzene rings is 1. The van der Waals surface area contributed by atoms with Crippen molar-refractivity contribution in [3.8, 4) is 11.3 Å². The van der Waals surface area contributed by atoms with E-state index in [0.29, 0.717) is 16.4 Å². The van der Waals surface area contributed by atoms with Crippen molar-refractivity contribution >= 4 is 32.4 Å². The van der Waals surface area contributed by atoms with E-state index in [1.54, 1.807) is 11.4 Å². The van der Waals surface area contributed by atoms with Gasteiger partial charge in [0.2, 0.25) is 0 Å². The maximum absolute atomic E-state index is 12.7. The molecule has 2 N–H and O–H groups in total. The van der Waals surface area contributed by atoms with Gasteiger partial charge in [-0.15, -0.1) is 11.3 Å². The average Bonchev–Trinajstić information content (AvgIpc) is 2.64. The van der Waals surface area contributed by atoms with Gasteiger partial charge in [0.05, 0.1) is 11.3 Å². The first-order valence-corrected chi connectivity index (χ1v) is 6.13. The van der Waals surface area contributed by atoms with E-state index in [-0.39, 0.29) is 4.47 Å². The third-order valence-corrected chi connectivity index (χ3v) is 3.45. The zero-order chi connectivity index (χ0) is 12.6. The number of anilines is 1. The molecule has 0 aliphatic carbocycles. The summed E-state index contributed by atoms with van der Waals surface area (Å²) in [4.78, 5) is 3.95. The van der Waals surface area contributed by atoms with Gasteiger partial charge in [-0.3, -0.25) is 0 Å². The number of halogens is 4. The molecule has 0 atom stereocenters. The molecule has 1 aromatic heterocycles. The number of thiazole rings is 1. The maximum Gasteiger partial charge on any atom is 0.417 e. The van der Waals surface area contributed by atoms with E-state index in [2.05, 4.69) is 20.9 Å². The Bertz CT molecular complexity index is 551. The second-order valence-corrected chi connectivity index (χ2v) is 5.01. The van der Waals surface area contributed by atoms with Crippen LogP contribution in [0.3, 0.4) is 0 Å². The quantitative estimate of drug-likeness (QED) is 0.855. The number of hydrogen-bond acceptors (Lipinski definition) is 3. The summed E-state index contributed by atoms with van der Waals surface area (Å²) in [5.41, 5.74) is 5.57. The van der Waals surface area contributed by atoms with Gasteiger partial charge in [0.15, 0.2) is 5.13 Å². The van der Waals surface area contributed by atoms with Gasteiger partial charge in [-0.25, -0.2) is 4.98 Å². The Morgan fingerprint density at radius 1 is 1.29 bits per heavy atom. The smallest absolute Gasteiger partial charge is 0.375 e. The molecule has 0 fully saturated rings. The predicted octanol–water partition coefficient (Wildman–Crippen LogP) is 4.17. The molecule has 0 unspecified atom stereocenters. The molecule has 2 rings (SSSR count). The standard InChI is InChI=1S/C10H6BrF3N2S/c11-7-2-1-5(3-6(7)10(12,13)14)8-4-17-9(15)16-8/h1-4H,(H2,15,16). The highest BCUT2D eigenvalue weighted by molar-refractivity contribution is 9.10. The molecule has 0 aliphatic heterocycles. The molecule has 0 aliphatic rings. The number of nitrogens with two attached hydrogens (primary N) is 1. The van der Waals surface area contributed by atoms with Gasteiger partial charge in [0, 0.05) is 15.4 Å². The molecule has 2 nitrogen and oxygen atoms in total. The van der Waals surface area contributed by atoms with E-state index in [4.69, 9.17) is 5.73 Å². The van der Waals surface area contributed by atoms with Crippen molar-refractivity contribution in [2.75, 3.05) is 5.73 Å². The fourth-order valence-electron chi connectivity index (χ4n) is 1.32. The first-order chi connectivity index (χ1) is 7.88. The lowest BCUT2D eigenvalue weighted by Crippen LogP contribution is -2.06. The molecule has 7 heteroatoms. The van der Waals surface area contributed by atoms with E-state index in [0.717, 1.165) is 6.07 Å². The lowest BCUT2D eigenvalue weighted by molar-refractivity contribution is -0.138. The van der Waals surface area contributed by atoms with Crippen LogP contribution in [0, 0.1) is 0 Å². The van der Waals surface area contributed by atoms with Gasteiger partial charge in [-0.1, -0.05) is 22.0 Å². The number of aromatic nitrogens is 1.